The quantitative estimate of drug-likeness (QED) is 0.483. The van der Waals surface area contributed by atoms with Crippen molar-refractivity contribution in [2.45, 2.75) is 20.8 Å². The molecule has 0 aliphatic heterocycles. The van der Waals surface area contributed by atoms with Crippen molar-refractivity contribution in [1.82, 2.24) is 0 Å². The summed E-state index contributed by atoms with van der Waals surface area (Å²) in [6.45, 7) is 9.41. The molecule has 0 saturated heterocycles. The van der Waals surface area contributed by atoms with E-state index >= 15 is 0 Å². The van der Waals surface area contributed by atoms with Gasteiger partial charge in [0.25, 0.3) is 0 Å². The van der Waals surface area contributed by atoms with Gasteiger partial charge in [-0.15, -0.1) is 0 Å². The highest BCUT2D eigenvalue weighted by Gasteiger charge is 1.90. The van der Waals surface area contributed by atoms with Gasteiger partial charge in [-0.1, -0.05) is 40.7 Å². The molecular formula is C16H23BrO5. The fourth-order valence-electron chi connectivity index (χ4n) is 0.803. The highest BCUT2D eigenvalue weighted by molar-refractivity contribution is 9.10. The lowest BCUT2D eigenvalue weighted by molar-refractivity contribution is -0.142. The fourth-order valence-corrected chi connectivity index (χ4v) is 1.11. The van der Waals surface area contributed by atoms with E-state index < -0.39 is 5.97 Å². The Morgan fingerprint density at radius 3 is 1.95 bits per heavy atom. The first-order chi connectivity index (χ1) is 10.3. The number of hydrogen-bond acceptors (Lipinski definition) is 4. The molecule has 22 heavy (non-hydrogen) atoms. The number of carboxylic acid groups (broad SMARTS) is 1. The Morgan fingerprint density at radius 2 is 1.68 bits per heavy atom. The standard InChI is InChI=1S/C6H5Br.C6H12O3.C4H6O2/c7-6-4-2-1-3-5-6;1-3-8-4-5-9-6(2)7;1-3(2)4(5)6/h1-5H;3-5H2,1-2H3;1H2,2H3,(H,5,6). The molecule has 0 saturated carbocycles. The van der Waals surface area contributed by atoms with Crippen LogP contribution in [0.5, 0.6) is 0 Å². The maximum absolute atomic E-state index is 10.1. The van der Waals surface area contributed by atoms with Gasteiger partial charge in [0.1, 0.15) is 6.61 Å². The third kappa shape index (κ3) is 20.7. The Hall–Kier alpha value is -1.66. The molecule has 0 bridgehead atoms. The first-order valence-corrected chi connectivity index (χ1v) is 7.41. The number of aliphatic carboxylic acids is 1. The lowest BCUT2D eigenvalue weighted by atomic mass is 10.4. The highest BCUT2D eigenvalue weighted by atomic mass is 79.9. The highest BCUT2D eigenvalue weighted by Crippen LogP contribution is 2.05. The number of benzene rings is 1. The molecule has 0 atom stereocenters. The summed E-state index contributed by atoms with van der Waals surface area (Å²) in [5, 5.41) is 7.89. The predicted molar refractivity (Wildman–Crippen MR) is 89.7 cm³/mol. The van der Waals surface area contributed by atoms with Crippen molar-refractivity contribution in [3.63, 3.8) is 0 Å². The molecular weight excluding hydrogens is 352 g/mol. The molecule has 1 aromatic carbocycles. The molecule has 0 spiro atoms. The largest absolute Gasteiger partial charge is 0.478 e. The summed E-state index contributed by atoms with van der Waals surface area (Å²) >= 11 is 3.31. The summed E-state index contributed by atoms with van der Waals surface area (Å²) in [5.41, 5.74) is 0.176. The fraction of sp³-hybridized carbons (Fsp3) is 0.375. The number of hydrogen-bond donors (Lipinski definition) is 1. The summed E-state index contributed by atoms with van der Waals surface area (Å²) in [4.78, 5) is 19.7. The normalized spacial score (nSPS) is 8.55. The average molecular weight is 375 g/mol. The Morgan fingerprint density at radius 1 is 1.18 bits per heavy atom. The number of carboxylic acids is 1. The van der Waals surface area contributed by atoms with E-state index in [1.165, 1.54) is 13.8 Å². The average Bonchev–Trinajstić information content (AvgIpc) is 2.45. The van der Waals surface area contributed by atoms with E-state index in [4.69, 9.17) is 9.84 Å². The van der Waals surface area contributed by atoms with Gasteiger partial charge in [0.2, 0.25) is 0 Å². The monoisotopic (exact) mass is 374 g/mol. The summed E-state index contributed by atoms with van der Waals surface area (Å²) < 4.78 is 10.6. The van der Waals surface area contributed by atoms with Crippen molar-refractivity contribution >= 4 is 27.9 Å². The van der Waals surface area contributed by atoms with Gasteiger partial charge in [-0.3, -0.25) is 4.79 Å². The number of halogens is 1. The Balaban J connectivity index is 0. The second-order valence-corrected chi connectivity index (χ2v) is 4.83. The SMILES string of the molecule is Brc1ccccc1.C=C(C)C(=O)O.CCOCCOC(C)=O. The Kier molecular flexibility index (Phi) is 16.2. The molecule has 1 rings (SSSR count). The minimum atomic E-state index is -0.935. The van der Waals surface area contributed by atoms with Crippen molar-refractivity contribution in [2.75, 3.05) is 19.8 Å². The second kappa shape index (κ2) is 15.7. The molecule has 124 valence electrons. The van der Waals surface area contributed by atoms with Crippen LogP contribution in [0.4, 0.5) is 0 Å². The van der Waals surface area contributed by atoms with E-state index in [0.717, 1.165) is 4.47 Å². The second-order valence-electron chi connectivity index (χ2n) is 3.92. The van der Waals surface area contributed by atoms with Gasteiger partial charge in [0.15, 0.2) is 0 Å². The van der Waals surface area contributed by atoms with E-state index in [0.29, 0.717) is 19.8 Å². The van der Waals surface area contributed by atoms with Gasteiger partial charge in [-0.05, 0) is 26.0 Å². The minimum absolute atomic E-state index is 0.176. The van der Waals surface area contributed by atoms with Gasteiger partial charge in [0, 0.05) is 23.6 Å². The summed E-state index contributed by atoms with van der Waals surface area (Å²) in [7, 11) is 0. The van der Waals surface area contributed by atoms with E-state index in [1.54, 1.807) is 0 Å². The zero-order chi connectivity index (χ0) is 17.4. The zero-order valence-electron chi connectivity index (χ0n) is 13.2. The molecule has 0 aliphatic carbocycles. The molecule has 0 radical (unpaired) electrons. The Bertz CT molecular complexity index is 419. The number of carbonyl (C=O) groups is 2. The van der Waals surface area contributed by atoms with Crippen LogP contribution in [-0.4, -0.2) is 36.9 Å². The van der Waals surface area contributed by atoms with Crippen LogP contribution in [0.3, 0.4) is 0 Å². The summed E-state index contributed by atoms with van der Waals surface area (Å²) in [6, 6.07) is 9.97. The van der Waals surface area contributed by atoms with E-state index in [2.05, 4.69) is 27.2 Å². The van der Waals surface area contributed by atoms with Crippen LogP contribution < -0.4 is 0 Å². The molecule has 1 aromatic rings. The number of carbonyl (C=O) groups excluding carboxylic acids is 1. The van der Waals surface area contributed by atoms with Crippen molar-refractivity contribution in [2.24, 2.45) is 0 Å². The molecule has 5 nitrogen and oxygen atoms in total. The number of ether oxygens (including phenoxy) is 2. The van der Waals surface area contributed by atoms with Gasteiger partial charge >= 0.3 is 11.9 Å². The Labute approximate surface area is 140 Å². The third-order valence-corrected chi connectivity index (χ3v) is 2.36. The molecule has 0 unspecified atom stereocenters. The van der Waals surface area contributed by atoms with Crippen LogP contribution in [0, 0.1) is 0 Å². The van der Waals surface area contributed by atoms with Crippen molar-refractivity contribution in [3.05, 3.63) is 47.0 Å². The lowest BCUT2D eigenvalue weighted by Gasteiger charge is -1.99. The molecule has 0 amide bonds. The van der Waals surface area contributed by atoms with E-state index in [1.807, 2.05) is 37.3 Å². The third-order valence-electron chi connectivity index (χ3n) is 1.84. The molecule has 6 heteroatoms. The van der Waals surface area contributed by atoms with Gasteiger partial charge < -0.3 is 14.6 Å². The minimum Gasteiger partial charge on any atom is -0.478 e. The van der Waals surface area contributed by atoms with Crippen LogP contribution in [0.1, 0.15) is 20.8 Å². The van der Waals surface area contributed by atoms with Gasteiger partial charge in [-0.2, -0.15) is 0 Å². The lowest BCUT2D eigenvalue weighted by Crippen LogP contribution is -2.06. The predicted octanol–water partition coefficient (Wildman–Crippen LogP) is 3.68. The van der Waals surface area contributed by atoms with Gasteiger partial charge in [0.05, 0.1) is 6.61 Å². The van der Waals surface area contributed by atoms with Crippen LogP contribution in [0.25, 0.3) is 0 Å². The van der Waals surface area contributed by atoms with Crippen LogP contribution in [0.2, 0.25) is 0 Å². The summed E-state index contributed by atoms with van der Waals surface area (Å²) in [6.07, 6.45) is 0. The molecule has 1 N–H and O–H groups in total. The number of rotatable bonds is 5. The molecule has 0 aliphatic rings. The maximum Gasteiger partial charge on any atom is 0.330 e. The summed E-state index contributed by atoms with van der Waals surface area (Å²) in [5.74, 6) is -1.19. The van der Waals surface area contributed by atoms with E-state index in [9.17, 15) is 9.59 Å². The topological polar surface area (TPSA) is 72.8 Å². The molecule has 0 fully saturated rings. The van der Waals surface area contributed by atoms with Crippen molar-refractivity contribution < 1.29 is 24.2 Å². The molecule has 0 aromatic heterocycles. The van der Waals surface area contributed by atoms with Crippen LogP contribution in [0.15, 0.2) is 47.0 Å². The smallest absolute Gasteiger partial charge is 0.330 e. The number of esters is 1. The van der Waals surface area contributed by atoms with Crippen LogP contribution >= 0.6 is 15.9 Å². The molecule has 0 heterocycles. The first-order valence-electron chi connectivity index (χ1n) is 6.61. The zero-order valence-corrected chi connectivity index (χ0v) is 14.8. The van der Waals surface area contributed by atoms with E-state index in [-0.39, 0.29) is 11.5 Å². The maximum atomic E-state index is 10.1. The van der Waals surface area contributed by atoms with Crippen LogP contribution in [-0.2, 0) is 19.1 Å². The van der Waals surface area contributed by atoms with Gasteiger partial charge in [-0.25, -0.2) is 4.79 Å². The van der Waals surface area contributed by atoms with Crippen molar-refractivity contribution in [3.8, 4) is 0 Å². The first kappa shape index (κ1) is 22.6. The van der Waals surface area contributed by atoms with Crippen molar-refractivity contribution in [1.29, 1.82) is 0 Å².